The fourth-order valence-corrected chi connectivity index (χ4v) is 2.89. The van der Waals surface area contributed by atoms with Crippen molar-refractivity contribution in [3.63, 3.8) is 0 Å². The highest BCUT2D eigenvalue weighted by molar-refractivity contribution is 9.10. The first-order valence-corrected chi connectivity index (χ1v) is 10.3. The molecule has 0 amide bonds. The minimum absolute atomic E-state index is 0.551. The van der Waals surface area contributed by atoms with E-state index in [-0.39, 0.29) is 0 Å². The predicted octanol–water partition coefficient (Wildman–Crippen LogP) is 6.10. The van der Waals surface area contributed by atoms with Gasteiger partial charge < -0.3 is 9.47 Å². The molecule has 0 aliphatic rings. The molecule has 0 saturated carbocycles. The number of carbonyl (C=O) groups is 2. The van der Waals surface area contributed by atoms with Crippen molar-refractivity contribution in [3.05, 3.63) is 57.6 Å². The number of ether oxygens (including phenoxy) is 2. The van der Waals surface area contributed by atoms with Crippen LogP contribution in [0, 0.1) is 11.8 Å². The molecule has 0 bridgehead atoms. The molecular formula is C24H27BrO4. The zero-order valence-electron chi connectivity index (χ0n) is 17.2. The van der Waals surface area contributed by atoms with Crippen LogP contribution in [0.3, 0.4) is 0 Å². The Morgan fingerprint density at radius 1 is 0.897 bits per heavy atom. The topological polar surface area (TPSA) is 52.6 Å². The Morgan fingerprint density at radius 3 is 2.10 bits per heavy atom. The van der Waals surface area contributed by atoms with Crippen LogP contribution in [0.1, 0.15) is 65.3 Å². The van der Waals surface area contributed by atoms with E-state index >= 15 is 0 Å². The van der Waals surface area contributed by atoms with Crippen molar-refractivity contribution in [2.75, 3.05) is 14.2 Å². The van der Waals surface area contributed by atoms with Crippen molar-refractivity contribution in [2.24, 2.45) is 0 Å². The average molecular weight is 459 g/mol. The summed E-state index contributed by atoms with van der Waals surface area (Å²) in [7, 11) is 3.09. The number of rotatable bonds is 8. The molecule has 2 rings (SSSR count). The van der Waals surface area contributed by atoms with Gasteiger partial charge in [-0.15, -0.1) is 0 Å². The van der Waals surface area contributed by atoms with Crippen LogP contribution in [0.15, 0.2) is 40.9 Å². The van der Waals surface area contributed by atoms with Crippen molar-refractivity contribution >= 4 is 28.5 Å². The van der Waals surface area contributed by atoms with E-state index in [4.69, 9.17) is 9.47 Å². The van der Waals surface area contributed by atoms with Crippen LogP contribution in [-0.4, -0.2) is 26.8 Å². The number of halogens is 1. The molecule has 0 N–H and O–H groups in total. The van der Waals surface area contributed by atoms with Crippen molar-refractivity contribution in [3.8, 4) is 23.3 Å². The second-order valence-electron chi connectivity index (χ2n) is 6.19. The SMILES string of the molecule is CCCCCCC#Cc1ccc(OC)c(C=O)c1.COc1ccc(Br)cc1C=O. The summed E-state index contributed by atoms with van der Waals surface area (Å²) < 4.78 is 10.9. The lowest BCUT2D eigenvalue weighted by Crippen LogP contribution is -1.90. The highest BCUT2D eigenvalue weighted by atomic mass is 79.9. The summed E-state index contributed by atoms with van der Waals surface area (Å²) in [6.45, 7) is 2.20. The maximum absolute atomic E-state index is 10.9. The molecule has 2 aromatic carbocycles. The molecule has 0 unspecified atom stereocenters. The number of hydrogen-bond donors (Lipinski definition) is 0. The van der Waals surface area contributed by atoms with E-state index in [2.05, 4.69) is 34.7 Å². The first-order valence-electron chi connectivity index (χ1n) is 9.50. The Hall–Kier alpha value is -2.58. The average Bonchev–Trinajstić information content (AvgIpc) is 2.76. The van der Waals surface area contributed by atoms with Crippen LogP contribution in [-0.2, 0) is 0 Å². The van der Waals surface area contributed by atoms with Gasteiger partial charge in [-0.3, -0.25) is 9.59 Å². The Labute approximate surface area is 181 Å². The Bertz CT molecular complexity index is 850. The summed E-state index contributed by atoms with van der Waals surface area (Å²) in [6, 6.07) is 10.7. The standard InChI is InChI=1S/C16H20O2.C8H7BrO2/c1-3-4-5-6-7-8-9-14-10-11-16(18-2)15(12-14)13-17;1-11-8-3-2-7(9)4-6(8)5-10/h10-13H,3-7H2,1-2H3;2-5H,1H3. The quantitative estimate of drug-likeness (QED) is 0.272. The first kappa shape index (κ1) is 24.5. The monoisotopic (exact) mass is 458 g/mol. The number of aldehydes is 2. The fourth-order valence-electron chi connectivity index (χ4n) is 2.51. The molecule has 5 heteroatoms. The maximum Gasteiger partial charge on any atom is 0.153 e. The molecule has 0 aromatic heterocycles. The molecule has 154 valence electrons. The maximum atomic E-state index is 10.9. The van der Waals surface area contributed by atoms with Crippen LogP contribution in [0.5, 0.6) is 11.5 Å². The molecule has 0 aliphatic carbocycles. The van der Waals surface area contributed by atoms with Crippen LogP contribution in [0.2, 0.25) is 0 Å². The predicted molar refractivity (Wildman–Crippen MR) is 120 cm³/mol. The lowest BCUT2D eigenvalue weighted by Gasteiger charge is -2.02. The lowest BCUT2D eigenvalue weighted by molar-refractivity contribution is 0.111. The zero-order chi connectivity index (χ0) is 21.5. The minimum atomic E-state index is 0.551. The van der Waals surface area contributed by atoms with E-state index in [9.17, 15) is 9.59 Å². The van der Waals surface area contributed by atoms with Gasteiger partial charge in [0, 0.05) is 16.5 Å². The third-order valence-corrected chi connectivity index (χ3v) is 4.56. The van der Waals surface area contributed by atoms with Crippen LogP contribution < -0.4 is 9.47 Å². The van der Waals surface area contributed by atoms with Gasteiger partial charge in [-0.25, -0.2) is 0 Å². The molecule has 0 radical (unpaired) electrons. The number of unbranched alkanes of at least 4 members (excludes halogenated alkanes) is 4. The molecule has 0 heterocycles. The molecule has 0 saturated heterocycles. The second kappa shape index (κ2) is 14.4. The van der Waals surface area contributed by atoms with Crippen LogP contribution >= 0.6 is 15.9 Å². The molecule has 0 atom stereocenters. The highest BCUT2D eigenvalue weighted by Gasteiger charge is 2.01. The first-order chi connectivity index (χ1) is 14.1. The van der Waals surface area contributed by atoms with E-state index in [1.807, 2.05) is 12.1 Å². The number of methoxy groups -OCH3 is 2. The van der Waals surface area contributed by atoms with E-state index in [0.29, 0.717) is 22.6 Å². The van der Waals surface area contributed by atoms with Gasteiger partial charge in [0.2, 0.25) is 0 Å². The lowest BCUT2D eigenvalue weighted by atomic mass is 10.1. The van der Waals surface area contributed by atoms with E-state index in [0.717, 1.165) is 35.5 Å². The summed E-state index contributed by atoms with van der Waals surface area (Å²) in [5.74, 6) is 7.42. The van der Waals surface area contributed by atoms with Crippen LogP contribution in [0.25, 0.3) is 0 Å². The zero-order valence-corrected chi connectivity index (χ0v) is 18.8. The van der Waals surface area contributed by atoms with E-state index in [1.54, 1.807) is 31.4 Å². The molecule has 2 aromatic rings. The third-order valence-electron chi connectivity index (χ3n) is 4.06. The number of carbonyl (C=O) groups excluding carboxylic acids is 2. The molecule has 4 nitrogen and oxygen atoms in total. The van der Waals surface area contributed by atoms with Gasteiger partial charge in [0.1, 0.15) is 11.5 Å². The van der Waals surface area contributed by atoms with Gasteiger partial charge in [0.25, 0.3) is 0 Å². The van der Waals surface area contributed by atoms with Gasteiger partial charge in [0.15, 0.2) is 12.6 Å². The highest BCUT2D eigenvalue weighted by Crippen LogP contribution is 2.21. The summed E-state index contributed by atoms with van der Waals surface area (Å²) >= 11 is 3.25. The fraction of sp³-hybridized carbons (Fsp3) is 0.333. The van der Waals surface area contributed by atoms with Gasteiger partial charge >= 0.3 is 0 Å². The van der Waals surface area contributed by atoms with Crippen molar-refractivity contribution in [2.45, 2.75) is 39.0 Å². The molecule has 0 spiro atoms. The van der Waals surface area contributed by atoms with E-state index < -0.39 is 0 Å². The molecule has 29 heavy (non-hydrogen) atoms. The molecule has 0 aliphatic heterocycles. The Morgan fingerprint density at radius 2 is 1.52 bits per heavy atom. The van der Waals surface area contributed by atoms with Crippen molar-refractivity contribution < 1.29 is 19.1 Å². The summed E-state index contributed by atoms with van der Waals surface area (Å²) in [6.07, 6.45) is 7.40. The second-order valence-corrected chi connectivity index (χ2v) is 7.11. The smallest absolute Gasteiger partial charge is 0.153 e. The number of hydrogen-bond acceptors (Lipinski definition) is 4. The Balaban J connectivity index is 0.000000326. The molecule has 0 fully saturated rings. The summed E-state index contributed by atoms with van der Waals surface area (Å²) in [5, 5.41) is 0. The van der Waals surface area contributed by atoms with Gasteiger partial charge in [-0.05, 0) is 42.8 Å². The summed E-state index contributed by atoms with van der Waals surface area (Å²) in [5.41, 5.74) is 1.98. The Kier molecular flexibility index (Phi) is 12.2. The van der Waals surface area contributed by atoms with Gasteiger partial charge in [-0.1, -0.05) is 54.0 Å². The van der Waals surface area contributed by atoms with Gasteiger partial charge in [-0.2, -0.15) is 0 Å². The third kappa shape index (κ3) is 8.97. The van der Waals surface area contributed by atoms with Crippen molar-refractivity contribution in [1.82, 2.24) is 0 Å². The van der Waals surface area contributed by atoms with Crippen LogP contribution in [0.4, 0.5) is 0 Å². The molecular weight excluding hydrogens is 432 g/mol. The van der Waals surface area contributed by atoms with Crippen molar-refractivity contribution in [1.29, 1.82) is 0 Å². The van der Waals surface area contributed by atoms with Gasteiger partial charge in [0.05, 0.1) is 25.3 Å². The number of benzene rings is 2. The van der Waals surface area contributed by atoms with E-state index in [1.165, 1.54) is 26.4 Å². The normalized spacial score (nSPS) is 9.38. The summed E-state index contributed by atoms with van der Waals surface area (Å²) in [4.78, 5) is 21.3. The minimum Gasteiger partial charge on any atom is -0.496 e. The largest absolute Gasteiger partial charge is 0.496 e.